The van der Waals surface area contributed by atoms with E-state index in [2.05, 4.69) is 12.1 Å². The zero-order valence-electron chi connectivity index (χ0n) is 13.2. The summed E-state index contributed by atoms with van der Waals surface area (Å²) in [7, 11) is 0. The van der Waals surface area contributed by atoms with Gasteiger partial charge in [0.15, 0.2) is 6.61 Å². The topological polar surface area (TPSA) is 46.5 Å². The first-order valence-electron chi connectivity index (χ1n) is 8.50. The molecule has 0 saturated heterocycles. The number of carboxylic acids is 1. The maximum atomic E-state index is 10.7. The van der Waals surface area contributed by atoms with Crippen molar-refractivity contribution in [3.8, 4) is 5.75 Å². The summed E-state index contributed by atoms with van der Waals surface area (Å²) in [5, 5.41) is 8.75. The number of rotatable bonds is 4. The van der Waals surface area contributed by atoms with E-state index in [1.807, 2.05) is 13.0 Å². The summed E-state index contributed by atoms with van der Waals surface area (Å²) in [6, 6.07) is 6.42. The van der Waals surface area contributed by atoms with Crippen LogP contribution in [0.15, 0.2) is 18.2 Å². The molecule has 1 aromatic carbocycles. The quantitative estimate of drug-likeness (QED) is 0.916. The van der Waals surface area contributed by atoms with Crippen molar-refractivity contribution in [3.05, 3.63) is 29.3 Å². The summed E-state index contributed by atoms with van der Waals surface area (Å²) < 4.78 is 5.37. The molecule has 0 heterocycles. The Morgan fingerprint density at radius 2 is 1.77 bits per heavy atom. The van der Waals surface area contributed by atoms with Crippen LogP contribution >= 0.6 is 0 Å². The van der Waals surface area contributed by atoms with Crippen molar-refractivity contribution in [2.75, 3.05) is 6.61 Å². The molecule has 4 aliphatic carbocycles. The van der Waals surface area contributed by atoms with Crippen LogP contribution in [-0.2, 0) is 10.2 Å². The van der Waals surface area contributed by atoms with Crippen molar-refractivity contribution in [1.82, 2.24) is 0 Å². The number of carboxylic acid groups (broad SMARTS) is 1. The van der Waals surface area contributed by atoms with Gasteiger partial charge >= 0.3 is 5.97 Å². The summed E-state index contributed by atoms with van der Waals surface area (Å²) in [5.74, 6) is 2.60. The molecule has 0 spiro atoms. The Balaban J connectivity index is 1.60. The molecule has 4 bridgehead atoms. The van der Waals surface area contributed by atoms with Crippen molar-refractivity contribution in [2.24, 2.45) is 17.8 Å². The van der Waals surface area contributed by atoms with Crippen LogP contribution < -0.4 is 4.74 Å². The Hall–Kier alpha value is -1.51. The van der Waals surface area contributed by atoms with Gasteiger partial charge in [-0.15, -0.1) is 0 Å². The molecular weight excluding hydrogens is 276 g/mol. The molecule has 118 valence electrons. The third-order valence-corrected chi connectivity index (χ3v) is 6.18. The fraction of sp³-hybridized carbons (Fsp3) is 0.632. The number of hydrogen-bond acceptors (Lipinski definition) is 2. The van der Waals surface area contributed by atoms with E-state index >= 15 is 0 Å². The molecule has 0 atom stereocenters. The molecule has 1 aromatic rings. The Kier molecular flexibility index (Phi) is 3.21. The highest BCUT2D eigenvalue weighted by Crippen LogP contribution is 2.60. The van der Waals surface area contributed by atoms with E-state index in [4.69, 9.17) is 9.84 Å². The van der Waals surface area contributed by atoms with Crippen LogP contribution in [0, 0.1) is 24.7 Å². The molecule has 5 rings (SSSR count). The SMILES string of the molecule is Cc1cc(C23CC4CC(CC(C4)C2)C3)ccc1OCC(=O)O. The van der Waals surface area contributed by atoms with Crippen LogP contribution in [0.25, 0.3) is 0 Å². The summed E-state index contributed by atoms with van der Waals surface area (Å²) in [6.45, 7) is 1.76. The van der Waals surface area contributed by atoms with E-state index in [1.165, 1.54) is 44.1 Å². The number of carbonyl (C=O) groups is 1. The fourth-order valence-corrected chi connectivity index (χ4v) is 5.74. The molecule has 4 aliphatic rings. The summed E-state index contributed by atoms with van der Waals surface area (Å²) in [5.41, 5.74) is 2.92. The van der Waals surface area contributed by atoms with Gasteiger partial charge in [-0.05, 0) is 85.8 Å². The van der Waals surface area contributed by atoms with Gasteiger partial charge in [0.1, 0.15) is 5.75 Å². The van der Waals surface area contributed by atoms with Gasteiger partial charge in [0.25, 0.3) is 0 Å². The second-order valence-electron chi connectivity index (χ2n) is 7.86. The lowest BCUT2D eigenvalue weighted by atomic mass is 9.48. The van der Waals surface area contributed by atoms with Gasteiger partial charge < -0.3 is 9.84 Å². The second-order valence-corrected chi connectivity index (χ2v) is 7.86. The van der Waals surface area contributed by atoms with Crippen LogP contribution in [-0.4, -0.2) is 17.7 Å². The van der Waals surface area contributed by atoms with E-state index in [-0.39, 0.29) is 6.61 Å². The Labute approximate surface area is 131 Å². The van der Waals surface area contributed by atoms with Gasteiger partial charge in [-0.3, -0.25) is 0 Å². The molecule has 22 heavy (non-hydrogen) atoms. The highest BCUT2D eigenvalue weighted by atomic mass is 16.5. The molecule has 3 nitrogen and oxygen atoms in total. The normalized spacial score (nSPS) is 35.6. The first kappa shape index (κ1) is 14.1. The Morgan fingerprint density at radius 1 is 1.18 bits per heavy atom. The minimum atomic E-state index is -0.926. The molecule has 0 radical (unpaired) electrons. The maximum Gasteiger partial charge on any atom is 0.341 e. The molecule has 0 aromatic heterocycles. The number of benzene rings is 1. The Bertz CT molecular complexity index is 569. The Morgan fingerprint density at radius 3 is 2.27 bits per heavy atom. The van der Waals surface area contributed by atoms with E-state index in [9.17, 15) is 4.79 Å². The largest absolute Gasteiger partial charge is 0.482 e. The van der Waals surface area contributed by atoms with Gasteiger partial charge in [-0.2, -0.15) is 0 Å². The van der Waals surface area contributed by atoms with Crippen molar-refractivity contribution < 1.29 is 14.6 Å². The van der Waals surface area contributed by atoms with E-state index in [0.29, 0.717) is 11.2 Å². The van der Waals surface area contributed by atoms with Gasteiger partial charge in [0.05, 0.1) is 0 Å². The average Bonchev–Trinajstić information content (AvgIpc) is 2.44. The molecular formula is C19H24O3. The van der Waals surface area contributed by atoms with Crippen LogP contribution in [0.1, 0.15) is 49.7 Å². The molecule has 1 N–H and O–H groups in total. The van der Waals surface area contributed by atoms with Crippen LogP contribution in [0.2, 0.25) is 0 Å². The van der Waals surface area contributed by atoms with Crippen LogP contribution in [0.3, 0.4) is 0 Å². The van der Waals surface area contributed by atoms with E-state index in [0.717, 1.165) is 23.3 Å². The van der Waals surface area contributed by atoms with Gasteiger partial charge in [-0.1, -0.05) is 12.1 Å². The highest BCUT2D eigenvalue weighted by molar-refractivity contribution is 5.68. The third kappa shape index (κ3) is 2.31. The van der Waals surface area contributed by atoms with E-state index in [1.54, 1.807) is 0 Å². The van der Waals surface area contributed by atoms with Gasteiger partial charge in [0.2, 0.25) is 0 Å². The smallest absolute Gasteiger partial charge is 0.341 e. The first-order chi connectivity index (χ1) is 10.5. The van der Waals surface area contributed by atoms with Crippen molar-refractivity contribution >= 4 is 5.97 Å². The molecule has 0 amide bonds. The summed E-state index contributed by atoms with van der Waals surface area (Å²) >= 11 is 0. The predicted octanol–water partition coefficient (Wildman–Crippen LogP) is 3.93. The van der Waals surface area contributed by atoms with Gasteiger partial charge in [0, 0.05) is 0 Å². The highest BCUT2D eigenvalue weighted by Gasteiger charge is 2.51. The van der Waals surface area contributed by atoms with Crippen LogP contribution in [0.4, 0.5) is 0 Å². The maximum absolute atomic E-state index is 10.7. The van der Waals surface area contributed by atoms with Crippen LogP contribution in [0.5, 0.6) is 5.75 Å². The summed E-state index contributed by atoms with van der Waals surface area (Å²) in [4.78, 5) is 10.7. The third-order valence-electron chi connectivity index (χ3n) is 6.18. The lowest BCUT2D eigenvalue weighted by molar-refractivity contribution is -0.139. The van der Waals surface area contributed by atoms with Crippen molar-refractivity contribution in [3.63, 3.8) is 0 Å². The minimum Gasteiger partial charge on any atom is -0.482 e. The number of hydrogen-bond donors (Lipinski definition) is 1. The standard InChI is InChI=1S/C19H24O3/c1-12-4-16(2-3-17(12)22-11-18(20)21)19-8-13-5-14(9-19)7-15(6-13)10-19/h2-4,13-15H,5-11H2,1H3,(H,20,21). The molecule has 4 fully saturated rings. The van der Waals surface area contributed by atoms with Crippen molar-refractivity contribution in [1.29, 1.82) is 0 Å². The number of ether oxygens (including phenoxy) is 1. The lowest BCUT2D eigenvalue weighted by Gasteiger charge is -2.57. The second kappa shape index (κ2) is 5.00. The van der Waals surface area contributed by atoms with Gasteiger partial charge in [-0.25, -0.2) is 4.79 Å². The predicted molar refractivity (Wildman–Crippen MR) is 84.2 cm³/mol. The zero-order valence-corrected chi connectivity index (χ0v) is 13.2. The average molecular weight is 300 g/mol. The first-order valence-corrected chi connectivity index (χ1v) is 8.50. The number of aryl methyl sites for hydroxylation is 1. The molecule has 4 saturated carbocycles. The molecule has 3 heteroatoms. The zero-order chi connectivity index (χ0) is 15.3. The lowest BCUT2D eigenvalue weighted by Crippen LogP contribution is -2.48. The molecule has 0 unspecified atom stereocenters. The fourth-order valence-electron chi connectivity index (χ4n) is 5.74. The number of aliphatic carboxylic acids is 1. The minimum absolute atomic E-state index is 0.266. The van der Waals surface area contributed by atoms with E-state index < -0.39 is 5.97 Å². The van der Waals surface area contributed by atoms with Crippen molar-refractivity contribution in [2.45, 2.75) is 50.9 Å². The monoisotopic (exact) mass is 300 g/mol. The summed E-state index contributed by atoms with van der Waals surface area (Å²) in [6.07, 6.45) is 8.43. The molecule has 0 aliphatic heterocycles.